The van der Waals surface area contributed by atoms with Crippen LogP contribution in [0, 0.1) is 5.92 Å². The number of hydrogen-bond acceptors (Lipinski definition) is 5. The lowest BCUT2D eigenvalue weighted by molar-refractivity contribution is 0.0453. The molecule has 1 aromatic rings. The van der Waals surface area contributed by atoms with Gasteiger partial charge >= 0.3 is 0 Å². The lowest BCUT2D eigenvalue weighted by Gasteiger charge is -2.31. The third-order valence-corrected chi connectivity index (χ3v) is 4.71. The molecule has 2 rings (SSSR count). The van der Waals surface area contributed by atoms with E-state index in [0.29, 0.717) is 25.1 Å². The standard InChI is InChI=1S/C12H18N2O4S/c1-18-12-3-2-10(6-11(12)13)19(16,17)14-7-8-4-9(15)5-8/h2-3,6,8-9,14-15H,4-5,7,13H2,1H3. The molecule has 0 aromatic heterocycles. The van der Waals surface area contributed by atoms with Gasteiger partial charge in [-0.3, -0.25) is 0 Å². The molecule has 0 spiro atoms. The maximum atomic E-state index is 12.0. The van der Waals surface area contributed by atoms with E-state index < -0.39 is 10.0 Å². The Balaban J connectivity index is 2.04. The minimum absolute atomic E-state index is 0.116. The third kappa shape index (κ3) is 3.17. The first kappa shape index (κ1) is 14.1. The molecule has 0 amide bonds. The number of anilines is 1. The predicted molar refractivity (Wildman–Crippen MR) is 71.3 cm³/mol. The summed E-state index contributed by atoms with van der Waals surface area (Å²) in [6, 6.07) is 4.35. The van der Waals surface area contributed by atoms with E-state index in [1.54, 1.807) is 0 Å². The summed E-state index contributed by atoms with van der Waals surface area (Å²) in [4.78, 5) is 0.116. The molecule has 19 heavy (non-hydrogen) atoms. The van der Waals surface area contributed by atoms with Crippen molar-refractivity contribution >= 4 is 15.7 Å². The van der Waals surface area contributed by atoms with Crippen molar-refractivity contribution in [2.45, 2.75) is 23.8 Å². The molecule has 0 unspecified atom stereocenters. The zero-order valence-corrected chi connectivity index (χ0v) is 11.5. The summed E-state index contributed by atoms with van der Waals surface area (Å²) in [5, 5.41) is 9.15. The summed E-state index contributed by atoms with van der Waals surface area (Å²) in [7, 11) is -2.09. The molecule has 1 saturated carbocycles. The van der Waals surface area contributed by atoms with E-state index in [4.69, 9.17) is 15.6 Å². The molecule has 0 saturated heterocycles. The van der Waals surface area contributed by atoms with Crippen LogP contribution in [0.5, 0.6) is 5.75 Å². The van der Waals surface area contributed by atoms with E-state index in [1.165, 1.54) is 25.3 Å². The number of benzene rings is 1. The molecule has 4 N–H and O–H groups in total. The van der Waals surface area contributed by atoms with Crippen molar-refractivity contribution in [1.29, 1.82) is 0 Å². The van der Waals surface area contributed by atoms with Crippen LogP contribution in [-0.4, -0.2) is 33.3 Å². The SMILES string of the molecule is COc1ccc(S(=O)(=O)NCC2CC(O)C2)cc1N. The first-order chi connectivity index (χ1) is 8.92. The van der Waals surface area contributed by atoms with Gasteiger partial charge in [0.1, 0.15) is 5.75 Å². The van der Waals surface area contributed by atoms with Crippen LogP contribution in [0.15, 0.2) is 23.1 Å². The molecule has 0 heterocycles. The van der Waals surface area contributed by atoms with E-state index >= 15 is 0 Å². The molecule has 0 atom stereocenters. The molecule has 1 aromatic carbocycles. The Kier molecular flexibility index (Phi) is 3.98. The zero-order valence-electron chi connectivity index (χ0n) is 10.7. The van der Waals surface area contributed by atoms with E-state index in [1.807, 2.05) is 0 Å². The van der Waals surface area contributed by atoms with Gasteiger partial charge in [-0.15, -0.1) is 0 Å². The number of hydrogen-bond donors (Lipinski definition) is 3. The van der Waals surface area contributed by atoms with Crippen molar-refractivity contribution in [3.63, 3.8) is 0 Å². The average Bonchev–Trinajstić information content (AvgIpc) is 2.33. The Morgan fingerprint density at radius 2 is 2.16 bits per heavy atom. The fourth-order valence-electron chi connectivity index (χ4n) is 2.06. The number of sulfonamides is 1. The number of nitrogens with two attached hydrogens (primary N) is 1. The minimum atomic E-state index is -3.56. The molecule has 106 valence electrons. The average molecular weight is 286 g/mol. The van der Waals surface area contributed by atoms with Gasteiger partial charge in [-0.1, -0.05) is 0 Å². The zero-order chi connectivity index (χ0) is 14.0. The fraction of sp³-hybridized carbons (Fsp3) is 0.500. The van der Waals surface area contributed by atoms with E-state index in [-0.39, 0.29) is 22.6 Å². The van der Waals surface area contributed by atoms with Crippen molar-refractivity contribution in [2.24, 2.45) is 5.92 Å². The van der Waals surface area contributed by atoms with Gasteiger partial charge in [0.2, 0.25) is 10.0 Å². The third-order valence-electron chi connectivity index (χ3n) is 3.28. The quantitative estimate of drug-likeness (QED) is 0.677. The molecule has 7 heteroatoms. The van der Waals surface area contributed by atoms with Crippen LogP contribution in [0.4, 0.5) is 5.69 Å². The first-order valence-corrected chi connectivity index (χ1v) is 7.52. The van der Waals surface area contributed by atoms with Gasteiger partial charge in [-0.2, -0.15) is 0 Å². The van der Waals surface area contributed by atoms with Crippen LogP contribution >= 0.6 is 0 Å². The van der Waals surface area contributed by atoms with Crippen LogP contribution in [0.25, 0.3) is 0 Å². The largest absolute Gasteiger partial charge is 0.495 e. The highest BCUT2D eigenvalue weighted by atomic mass is 32.2. The maximum absolute atomic E-state index is 12.0. The second-order valence-electron chi connectivity index (χ2n) is 4.75. The van der Waals surface area contributed by atoms with Gasteiger partial charge in [0.05, 0.1) is 23.8 Å². The van der Waals surface area contributed by atoms with Crippen LogP contribution in [-0.2, 0) is 10.0 Å². The number of nitrogens with one attached hydrogen (secondary N) is 1. The van der Waals surface area contributed by atoms with Gasteiger partial charge in [-0.25, -0.2) is 13.1 Å². The van der Waals surface area contributed by atoms with Crippen molar-refractivity contribution in [1.82, 2.24) is 4.72 Å². The summed E-state index contributed by atoms with van der Waals surface area (Å²) < 4.78 is 31.6. The van der Waals surface area contributed by atoms with Crippen molar-refractivity contribution in [3.05, 3.63) is 18.2 Å². The number of rotatable bonds is 5. The normalized spacial score (nSPS) is 22.8. The fourth-order valence-corrected chi connectivity index (χ4v) is 3.21. The molecule has 0 radical (unpaired) electrons. The Morgan fingerprint density at radius 3 is 2.68 bits per heavy atom. The molecule has 0 aliphatic heterocycles. The predicted octanol–water partition coefficient (Wildman–Crippen LogP) is 0.327. The topological polar surface area (TPSA) is 102 Å². The number of ether oxygens (including phenoxy) is 1. The summed E-state index contributed by atoms with van der Waals surface area (Å²) in [6.07, 6.45) is 1.01. The van der Waals surface area contributed by atoms with Gasteiger partial charge in [0.15, 0.2) is 0 Å². The monoisotopic (exact) mass is 286 g/mol. The lowest BCUT2D eigenvalue weighted by atomic mass is 9.83. The minimum Gasteiger partial charge on any atom is -0.495 e. The van der Waals surface area contributed by atoms with Crippen LogP contribution < -0.4 is 15.2 Å². The number of aliphatic hydroxyl groups excluding tert-OH is 1. The number of nitrogen functional groups attached to an aromatic ring is 1. The van der Waals surface area contributed by atoms with Gasteiger partial charge in [-0.05, 0) is 37.0 Å². The molecule has 1 aliphatic rings. The number of methoxy groups -OCH3 is 1. The second kappa shape index (κ2) is 5.36. The van der Waals surface area contributed by atoms with Gasteiger partial charge in [0, 0.05) is 6.54 Å². The summed E-state index contributed by atoms with van der Waals surface area (Å²) in [6.45, 7) is 0.339. The molecule has 0 bridgehead atoms. The molecule has 1 aliphatic carbocycles. The summed E-state index contributed by atoms with van der Waals surface area (Å²) >= 11 is 0. The van der Waals surface area contributed by atoms with E-state index in [2.05, 4.69) is 4.72 Å². The van der Waals surface area contributed by atoms with Crippen LogP contribution in [0.1, 0.15) is 12.8 Å². The highest BCUT2D eigenvalue weighted by Crippen LogP contribution is 2.27. The van der Waals surface area contributed by atoms with Crippen LogP contribution in [0.3, 0.4) is 0 Å². The summed E-state index contributed by atoms with van der Waals surface area (Å²) in [5.74, 6) is 0.654. The Morgan fingerprint density at radius 1 is 1.47 bits per heavy atom. The second-order valence-corrected chi connectivity index (χ2v) is 6.51. The Bertz CT molecular complexity index is 553. The van der Waals surface area contributed by atoms with Crippen molar-refractivity contribution in [2.75, 3.05) is 19.4 Å². The highest BCUT2D eigenvalue weighted by Gasteiger charge is 2.28. The van der Waals surface area contributed by atoms with Crippen LogP contribution in [0.2, 0.25) is 0 Å². The molecular formula is C12H18N2O4S. The Labute approximate surface area is 112 Å². The van der Waals surface area contributed by atoms with Gasteiger partial charge in [0.25, 0.3) is 0 Å². The number of aliphatic hydroxyl groups is 1. The molecular weight excluding hydrogens is 268 g/mol. The smallest absolute Gasteiger partial charge is 0.240 e. The van der Waals surface area contributed by atoms with Gasteiger partial charge < -0.3 is 15.6 Å². The first-order valence-electron chi connectivity index (χ1n) is 6.03. The summed E-state index contributed by atoms with van der Waals surface area (Å²) in [5.41, 5.74) is 5.97. The van der Waals surface area contributed by atoms with E-state index in [9.17, 15) is 8.42 Å². The van der Waals surface area contributed by atoms with Crippen molar-refractivity contribution < 1.29 is 18.3 Å². The lowest BCUT2D eigenvalue weighted by Crippen LogP contribution is -2.38. The van der Waals surface area contributed by atoms with E-state index in [0.717, 1.165) is 0 Å². The molecule has 1 fully saturated rings. The Hall–Kier alpha value is -1.31. The van der Waals surface area contributed by atoms with Crippen molar-refractivity contribution in [3.8, 4) is 5.75 Å². The highest BCUT2D eigenvalue weighted by molar-refractivity contribution is 7.89. The molecule has 6 nitrogen and oxygen atoms in total. The maximum Gasteiger partial charge on any atom is 0.240 e.